The quantitative estimate of drug-likeness (QED) is 0.533. The van der Waals surface area contributed by atoms with Crippen LogP contribution in [0.15, 0.2) is 4.79 Å². The summed E-state index contributed by atoms with van der Waals surface area (Å²) in [5.74, 6) is 0.125. The molecule has 0 aromatic carbocycles. The highest BCUT2D eigenvalue weighted by atomic mass is 35.5. The number of H-pyrrole nitrogens is 1. The Morgan fingerprint density at radius 3 is 2.31 bits per heavy atom. The molecule has 6 N–H and O–H groups in total. The van der Waals surface area contributed by atoms with E-state index in [9.17, 15) is 4.79 Å². The van der Waals surface area contributed by atoms with Crippen molar-refractivity contribution in [2.75, 3.05) is 23.8 Å². The minimum atomic E-state index is -0.363. The number of halogens is 2. The Morgan fingerprint density at radius 1 is 1.38 bits per heavy atom. The summed E-state index contributed by atoms with van der Waals surface area (Å²) < 4.78 is 0. The zero-order valence-corrected chi connectivity index (χ0v) is 8.46. The smallest absolute Gasteiger partial charge is 0.277 e. The van der Waals surface area contributed by atoms with Gasteiger partial charge in [-0.25, -0.2) is 0 Å². The molecule has 0 radical (unpaired) electrons. The molecule has 0 aliphatic carbocycles. The fourth-order valence-corrected chi connectivity index (χ4v) is 0.750. The van der Waals surface area contributed by atoms with Crippen LogP contribution in [0.3, 0.4) is 0 Å². The summed E-state index contributed by atoms with van der Waals surface area (Å²) in [6, 6.07) is 0. The van der Waals surface area contributed by atoms with E-state index in [2.05, 4.69) is 15.3 Å². The molecule has 1 aromatic rings. The molecule has 0 unspecified atom stereocenters. The van der Waals surface area contributed by atoms with E-state index in [4.69, 9.17) is 11.5 Å². The van der Waals surface area contributed by atoms with Crippen LogP contribution in [0.2, 0.25) is 0 Å². The third-order valence-corrected chi connectivity index (χ3v) is 1.22. The molecule has 0 fully saturated rings. The van der Waals surface area contributed by atoms with Gasteiger partial charge < -0.3 is 16.8 Å². The summed E-state index contributed by atoms with van der Waals surface area (Å²) in [5.41, 5.74) is 10.4. The van der Waals surface area contributed by atoms with Crippen molar-refractivity contribution in [2.24, 2.45) is 0 Å². The maximum Gasteiger partial charge on any atom is 0.277 e. The van der Waals surface area contributed by atoms with Gasteiger partial charge in [0.1, 0.15) is 5.69 Å². The molecule has 0 spiro atoms. The zero-order valence-electron chi connectivity index (χ0n) is 6.83. The van der Waals surface area contributed by atoms with Crippen molar-refractivity contribution in [3.8, 4) is 0 Å². The summed E-state index contributed by atoms with van der Waals surface area (Å²) in [4.78, 5) is 16.9. The largest absolute Gasteiger partial charge is 0.382 e. The molecule has 0 saturated heterocycles. The number of aromatic nitrogens is 2. The number of nitrogens with zero attached hydrogens (tertiary/aromatic N) is 1. The average Bonchev–Trinajstić information content (AvgIpc) is 1.85. The SMILES string of the molecule is CNc1c(N)nc(N)[nH]c1=O.Cl.Cl. The maximum atomic E-state index is 11.0. The van der Waals surface area contributed by atoms with E-state index in [0.29, 0.717) is 0 Å². The van der Waals surface area contributed by atoms with Crippen molar-refractivity contribution >= 4 is 42.3 Å². The number of aromatic amines is 1. The van der Waals surface area contributed by atoms with Crippen LogP contribution in [0.1, 0.15) is 0 Å². The second-order valence-electron chi connectivity index (χ2n) is 1.96. The molecule has 76 valence electrons. The van der Waals surface area contributed by atoms with Crippen LogP contribution in [-0.4, -0.2) is 17.0 Å². The van der Waals surface area contributed by atoms with Crippen LogP contribution in [0.4, 0.5) is 17.5 Å². The van der Waals surface area contributed by atoms with E-state index in [0.717, 1.165) is 0 Å². The summed E-state index contributed by atoms with van der Waals surface area (Å²) in [7, 11) is 1.58. The third kappa shape index (κ3) is 3.00. The Hall–Kier alpha value is -1.14. The summed E-state index contributed by atoms with van der Waals surface area (Å²) in [6.45, 7) is 0. The molecule has 0 saturated carbocycles. The zero-order chi connectivity index (χ0) is 8.43. The predicted octanol–water partition coefficient (Wildman–Crippen LogP) is -0.180. The molecule has 1 aromatic heterocycles. The Kier molecular flexibility index (Phi) is 6.08. The van der Waals surface area contributed by atoms with Crippen molar-refractivity contribution in [3.05, 3.63) is 10.4 Å². The predicted molar refractivity (Wildman–Crippen MR) is 57.7 cm³/mol. The van der Waals surface area contributed by atoms with Gasteiger partial charge in [-0.15, -0.1) is 24.8 Å². The molecular weight excluding hydrogens is 217 g/mol. The molecule has 6 nitrogen and oxygen atoms in total. The topological polar surface area (TPSA) is 110 Å². The van der Waals surface area contributed by atoms with Crippen molar-refractivity contribution in [1.82, 2.24) is 9.97 Å². The Bertz CT molecular complexity index is 325. The molecule has 1 heterocycles. The molecule has 0 atom stereocenters. The van der Waals surface area contributed by atoms with Crippen LogP contribution in [0.5, 0.6) is 0 Å². The van der Waals surface area contributed by atoms with E-state index >= 15 is 0 Å². The first-order valence-electron chi connectivity index (χ1n) is 2.98. The number of anilines is 3. The lowest BCUT2D eigenvalue weighted by molar-refractivity contribution is 1.14. The molecule has 1 rings (SSSR count). The van der Waals surface area contributed by atoms with Crippen LogP contribution >= 0.6 is 24.8 Å². The molecule has 0 amide bonds. The van der Waals surface area contributed by atoms with Crippen molar-refractivity contribution in [2.45, 2.75) is 0 Å². The fraction of sp³-hybridized carbons (Fsp3) is 0.200. The molecule has 0 aliphatic rings. The van der Waals surface area contributed by atoms with E-state index in [1.807, 2.05) is 0 Å². The summed E-state index contributed by atoms with van der Waals surface area (Å²) in [5, 5.41) is 2.60. The normalized spacial score (nSPS) is 8.08. The fourth-order valence-electron chi connectivity index (χ4n) is 0.750. The number of hydrogen-bond acceptors (Lipinski definition) is 5. The van der Waals surface area contributed by atoms with Gasteiger partial charge in [0.25, 0.3) is 5.56 Å². The molecule has 0 aliphatic heterocycles. The second-order valence-corrected chi connectivity index (χ2v) is 1.96. The lowest BCUT2D eigenvalue weighted by atomic mass is 10.5. The van der Waals surface area contributed by atoms with Gasteiger partial charge in [-0.1, -0.05) is 0 Å². The number of nitrogens with two attached hydrogens (primary N) is 2. The van der Waals surface area contributed by atoms with Gasteiger partial charge >= 0.3 is 0 Å². The lowest BCUT2D eigenvalue weighted by Crippen LogP contribution is -2.17. The minimum absolute atomic E-state index is 0. The summed E-state index contributed by atoms with van der Waals surface area (Å²) in [6.07, 6.45) is 0. The van der Waals surface area contributed by atoms with E-state index in [1.54, 1.807) is 7.05 Å². The Morgan fingerprint density at radius 2 is 1.92 bits per heavy atom. The van der Waals surface area contributed by atoms with Gasteiger partial charge in [-0.05, 0) is 0 Å². The van der Waals surface area contributed by atoms with Gasteiger partial charge in [0.05, 0.1) is 0 Å². The third-order valence-electron chi connectivity index (χ3n) is 1.22. The Balaban J connectivity index is 0. The van der Waals surface area contributed by atoms with Gasteiger partial charge in [0, 0.05) is 7.05 Å². The lowest BCUT2D eigenvalue weighted by Gasteiger charge is -2.01. The van der Waals surface area contributed by atoms with Crippen molar-refractivity contribution < 1.29 is 0 Å². The monoisotopic (exact) mass is 227 g/mol. The van der Waals surface area contributed by atoms with Crippen LogP contribution < -0.4 is 22.3 Å². The number of hydrogen-bond donors (Lipinski definition) is 4. The molecule has 8 heteroatoms. The van der Waals surface area contributed by atoms with Gasteiger partial charge in [0.15, 0.2) is 5.82 Å². The van der Waals surface area contributed by atoms with Crippen LogP contribution in [0, 0.1) is 0 Å². The molecule has 0 bridgehead atoms. The van der Waals surface area contributed by atoms with Crippen molar-refractivity contribution in [1.29, 1.82) is 0 Å². The minimum Gasteiger partial charge on any atom is -0.382 e. The highest BCUT2D eigenvalue weighted by Gasteiger charge is 2.03. The first-order chi connectivity index (χ1) is 5.15. The number of nitrogens with one attached hydrogen (secondary N) is 2. The average molecular weight is 228 g/mol. The highest BCUT2D eigenvalue weighted by molar-refractivity contribution is 5.85. The van der Waals surface area contributed by atoms with E-state index in [1.165, 1.54) is 0 Å². The molecular formula is C5H11Cl2N5O. The first-order valence-corrected chi connectivity index (χ1v) is 2.98. The van der Waals surface area contributed by atoms with Gasteiger partial charge in [0.2, 0.25) is 5.95 Å². The van der Waals surface area contributed by atoms with Crippen LogP contribution in [-0.2, 0) is 0 Å². The van der Waals surface area contributed by atoms with Gasteiger partial charge in [-0.2, -0.15) is 4.98 Å². The number of nitrogen functional groups attached to an aromatic ring is 2. The molecule has 13 heavy (non-hydrogen) atoms. The summed E-state index contributed by atoms with van der Waals surface area (Å²) >= 11 is 0. The first kappa shape index (κ1) is 14.4. The second kappa shape index (κ2) is 5.50. The van der Waals surface area contributed by atoms with E-state index in [-0.39, 0.29) is 47.8 Å². The number of rotatable bonds is 1. The highest BCUT2D eigenvalue weighted by Crippen LogP contribution is 2.07. The van der Waals surface area contributed by atoms with Crippen molar-refractivity contribution in [3.63, 3.8) is 0 Å². The van der Waals surface area contributed by atoms with E-state index < -0.39 is 0 Å². The standard InChI is InChI=1S/C5H9N5O.2ClH/c1-8-2-3(6)9-5(7)10-4(2)11;;/h8H,1H3,(H5,6,7,9,10,11);2*1H. The van der Waals surface area contributed by atoms with Gasteiger partial charge in [-0.3, -0.25) is 9.78 Å². The van der Waals surface area contributed by atoms with Crippen LogP contribution in [0.25, 0.3) is 0 Å². The maximum absolute atomic E-state index is 11.0. The Labute approximate surface area is 86.9 Å².